The van der Waals surface area contributed by atoms with Gasteiger partial charge < -0.3 is 54.5 Å². The van der Waals surface area contributed by atoms with Crippen LogP contribution in [0.5, 0.6) is 11.5 Å². The number of alkyl carbamates (subject to hydrolysis) is 1. The first-order valence-electron chi connectivity index (χ1n) is 20.4. The minimum Gasteiger partial charge on any atom is -0.507 e. The Bertz CT molecular complexity index is 2000. The van der Waals surface area contributed by atoms with Crippen molar-refractivity contribution in [2.24, 2.45) is 29.6 Å². The lowest BCUT2D eigenvalue weighted by atomic mass is 9.78. The monoisotopic (exact) mass is 837 g/mol. The molecule has 1 fully saturated rings. The highest BCUT2D eigenvalue weighted by atomic mass is 16.7. The van der Waals surface area contributed by atoms with E-state index in [1.165, 1.54) is 46.3 Å². The van der Waals surface area contributed by atoms with Gasteiger partial charge in [0.15, 0.2) is 0 Å². The molecule has 1 aromatic carbocycles. The quantitative estimate of drug-likeness (QED) is 0.282. The van der Waals surface area contributed by atoms with Gasteiger partial charge in [0.1, 0.15) is 29.0 Å². The van der Waals surface area contributed by atoms with Gasteiger partial charge in [-0.15, -0.1) is 0 Å². The van der Waals surface area contributed by atoms with Crippen LogP contribution in [0.25, 0.3) is 0 Å². The number of rotatable bonds is 5. The molecule has 16 nitrogen and oxygen atoms in total. The predicted octanol–water partition coefficient (Wildman–Crippen LogP) is 4.11. The number of carbonyl (C=O) groups is 5. The summed E-state index contributed by atoms with van der Waals surface area (Å²) in [5.74, 6) is -8.53. The van der Waals surface area contributed by atoms with E-state index >= 15 is 0 Å². The first-order valence-corrected chi connectivity index (χ1v) is 20.4. The molecule has 0 unspecified atom stereocenters. The van der Waals surface area contributed by atoms with Gasteiger partial charge >= 0.3 is 11.9 Å². The number of aliphatic hydroxyl groups is 2. The number of fused-ring (bicyclic) bond motifs is 14. The number of amides is 2. The van der Waals surface area contributed by atoms with E-state index in [1.807, 2.05) is 13.8 Å². The zero-order valence-electron chi connectivity index (χ0n) is 36.0. The molecule has 4 aliphatic heterocycles. The van der Waals surface area contributed by atoms with Crippen LogP contribution in [0.1, 0.15) is 92.0 Å². The van der Waals surface area contributed by atoms with Crippen molar-refractivity contribution in [2.75, 3.05) is 40.0 Å². The van der Waals surface area contributed by atoms with Crippen LogP contribution in [-0.2, 0) is 23.7 Å². The smallest absolute Gasteiger partial charge is 0.407 e. The average molecular weight is 838 g/mol. The fourth-order valence-corrected chi connectivity index (χ4v) is 8.03. The maximum Gasteiger partial charge on any atom is 0.407 e. The molecule has 0 saturated carbocycles. The summed E-state index contributed by atoms with van der Waals surface area (Å²) in [6, 6.07) is 0. The predicted molar refractivity (Wildman–Crippen MR) is 218 cm³/mol. The summed E-state index contributed by atoms with van der Waals surface area (Å²) in [6.07, 6.45) is 2.60. The van der Waals surface area contributed by atoms with E-state index < -0.39 is 94.5 Å². The Morgan fingerprint density at radius 3 is 2.27 bits per heavy atom. The van der Waals surface area contributed by atoms with Gasteiger partial charge in [0.05, 0.1) is 54.5 Å². The largest absolute Gasteiger partial charge is 0.507 e. The Hall–Kier alpha value is -5.03. The number of Topliss-reactive ketones (excluding diaryl/α,β-unsaturated/α-hetero) is 3. The molecule has 5 bridgehead atoms. The fourth-order valence-electron chi connectivity index (χ4n) is 8.03. The number of methoxy groups -OCH3 is 1. The van der Waals surface area contributed by atoms with Crippen LogP contribution in [0.4, 0.5) is 4.79 Å². The van der Waals surface area contributed by atoms with Gasteiger partial charge in [-0.1, -0.05) is 59.8 Å². The van der Waals surface area contributed by atoms with Crippen LogP contribution in [0.2, 0.25) is 0 Å². The number of allylic oxidation sites excluding steroid dienone is 4. The van der Waals surface area contributed by atoms with Crippen molar-refractivity contribution >= 4 is 29.4 Å². The molecule has 328 valence electrons. The SMILES string of the molecule is CO[C@H]1/C=C/O[C@@]2(C)Oc3c(C)c(O)c4c(c3C2=O)C(=O)C(N2CCOCC2)=C(NC(=O)/C(C)=C\C=C\[C@@H](C)[C@@H](O)[C@@H](C)[C@@H](O)[C@@H](C)[C@@H](OC(=O)NCC(C)C)[C@@H]1C)C4=O. The summed E-state index contributed by atoms with van der Waals surface area (Å²) in [6.45, 7) is 16.2. The molecule has 0 radical (unpaired) electrons. The molecule has 60 heavy (non-hydrogen) atoms. The zero-order valence-corrected chi connectivity index (χ0v) is 36.0. The summed E-state index contributed by atoms with van der Waals surface area (Å²) >= 11 is 0. The van der Waals surface area contributed by atoms with Gasteiger partial charge in [-0.3, -0.25) is 19.2 Å². The fraction of sp³-hybridized carbons (Fsp3) is 0.568. The van der Waals surface area contributed by atoms with Crippen molar-refractivity contribution in [1.29, 1.82) is 0 Å². The van der Waals surface area contributed by atoms with Crippen molar-refractivity contribution < 1.29 is 63.0 Å². The van der Waals surface area contributed by atoms with Crippen LogP contribution >= 0.6 is 0 Å². The van der Waals surface area contributed by atoms with Crippen LogP contribution in [0, 0.1) is 36.5 Å². The van der Waals surface area contributed by atoms with Crippen molar-refractivity contribution in [3.63, 3.8) is 0 Å². The first-order chi connectivity index (χ1) is 28.2. The topological polar surface area (TPSA) is 219 Å². The van der Waals surface area contributed by atoms with E-state index in [9.17, 15) is 39.3 Å². The minimum atomic E-state index is -2.09. The third-order valence-corrected chi connectivity index (χ3v) is 11.9. The third kappa shape index (κ3) is 9.02. The Morgan fingerprint density at radius 2 is 1.63 bits per heavy atom. The molecule has 6 rings (SSSR count). The standard InChI is InChI=1S/C44H59N3O13/c1-21(2)20-45-43(55)59-39-24(5)28(56-10)14-17-58-44(9)41(53)31-29-30(36(50)27(8)40(31)60-44)37(51)32(33(38(29)52)47-15-18-57-19-16-47)46-42(54)23(4)13-11-12-22(3)34(48)25(6)35(49)26(39)7/h11-14,17,21-22,24-26,28,34-35,39,48-50H,15-16,18-20H2,1-10H3,(H,45,55)(H,46,54)/b12-11+,17-14+,23-13-/t22-,24-,25-,26-,28+,34-,35-,39+,44+/m1/s1. The molecule has 5 N–H and O–H groups in total. The van der Waals surface area contributed by atoms with Crippen LogP contribution in [0.3, 0.4) is 0 Å². The highest BCUT2D eigenvalue weighted by Crippen LogP contribution is 2.49. The molecular formula is C44H59N3O13. The lowest BCUT2D eigenvalue weighted by Crippen LogP contribution is -2.48. The van der Waals surface area contributed by atoms with E-state index in [0.29, 0.717) is 6.54 Å². The second kappa shape index (κ2) is 18.7. The third-order valence-electron chi connectivity index (χ3n) is 11.9. The Morgan fingerprint density at radius 1 is 0.967 bits per heavy atom. The summed E-state index contributed by atoms with van der Waals surface area (Å²) in [5, 5.41) is 40.0. The van der Waals surface area contributed by atoms with Crippen molar-refractivity contribution in [2.45, 2.75) is 92.5 Å². The molecule has 0 spiro atoms. The molecule has 9 atom stereocenters. The van der Waals surface area contributed by atoms with Gasteiger partial charge in [-0.25, -0.2) is 4.79 Å². The lowest BCUT2D eigenvalue weighted by molar-refractivity contribution is -0.116. The number of aliphatic hydroxyl groups excluding tert-OH is 2. The van der Waals surface area contributed by atoms with Gasteiger partial charge in [0.25, 0.3) is 11.7 Å². The number of ether oxygens (including phenoxy) is 5. The molecule has 1 aliphatic carbocycles. The Balaban J connectivity index is 1.64. The van der Waals surface area contributed by atoms with E-state index in [0.717, 1.165) is 0 Å². The molecule has 2 amide bonds. The van der Waals surface area contributed by atoms with Crippen molar-refractivity contribution in [1.82, 2.24) is 15.5 Å². The normalized spacial score (nSPS) is 32.5. The van der Waals surface area contributed by atoms with E-state index in [2.05, 4.69) is 10.6 Å². The first kappa shape index (κ1) is 46.0. The van der Waals surface area contributed by atoms with Crippen LogP contribution in [0.15, 0.2) is 47.5 Å². The number of aromatic hydroxyl groups is 1. The Labute approximate surface area is 350 Å². The van der Waals surface area contributed by atoms with E-state index in [1.54, 1.807) is 44.7 Å². The number of morpholine rings is 1. The van der Waals surface area contributed by atoms with Crippen LogP contribution < -0.4 is 15.4 Å². The summed E-state index contributed by atoms with van der Waals surface area (Å²) in [4.78, 5) is 72.0. The van der Waals surface area contributed by atoms with Gasteiger partial charge in [-0.2, -0.15) is 0 Å². The number of hydrogen-bond acceptors (Lipinski definition) is 14. The summed E-state index contributed by atoms with van der Waals surface area (Å²) < 4.78 is 29.4. The number of carbonyl (C=O) groups excluding carboxylic acids is 5. The highest BCUT2D eigenvalue weighted by molar-refractivity contribution is 6.32. The molecule has 0 aromatic heterocycles. The molecule has 5 aliphatic rings. The minimum absolute atomic E-state index is 0.000931. The number of nitrogens with one attached hydrogen (secondary N) is 2. The van der Waals surface area contributed by atoms with Crippen molar-refractivity contribution in [3.8, 4) is 11.5 Å². The highest BCUT2D eigenvalue weighted by Gasteiger charge is 2.53. The number of benzene rings is 1. The lowest BCUT2D eigenvalue weighted by Gasteiger charge is -2.38. The number of ketones is 3. The summed E-state index contributed by atoms with van der Waals surface area (Å²) in [5.41, 5.74) is -1.49. The van der Waals surface area contributed by atoms with Crippen LogP contribution in [-0.4, -0.2) is 120 Å². The van der Waals surface area contributed by atoms with E-state index in [-0.39, 0.29) is 71.6 Å². The average Bonchev–Trinajstić information content (AvgIpc) is 3.48. The second-order valence-electron chi connectivity index (χ2n) is 16.7. The Kier molecular flexibility index (Phi) is 14.4. The maximum atomic E-state index is 14.7. The summed E-state index contributed by atoms with van der Waals surface area (Å²) in [7, 11) is 1.43. The molecule has 4 heterocycles. The number of hydrogen-bond donors (Lipinski definition) is 5. The molecule has 16 heteroatoms. The molecular weight excluding hydrogens is 778 g/mol. The van der Waals surface area contributed by atoms with Crippen molar-refractivity contribution in [3.05, 3.63) is 69.8 Å². The van der Waals surface area contributed by atoms with E-state index in [4.69, 9.17) is 23.7 Å². The molecule has 1 aromatic rings. The number of phenolic OH excluding ortho intramolecular Hbond substituents is 1. The maximum absolute atomic E-state index is 14.7. The van der Waals surface area contributed by atoms with Gasteiger partial charge in [-0.05, 0) is 25.8 Å². The number of phenols is 1. The number of nitrogens with zero attached hydrogens (tertiary/aromatic N) is 1. The van der Waals surface area contributed by atoms with Gasteiger partial charge in [0.2, 0.25) is 11.6 Å². The molecule has 1 saturated heterocycles. The zero-order chi connectivity index (χ0) is 44.4. The van der Waals surface area contributed by atoms with Gasteiger partial charge in [0, 0.05) is 68.5 Å². The second-order valence-corrected chi connectivity index (χ2v) is 16.7.